The molecule has 2 aromatic rings. The van der Waals surface area contributed by atoms with Crippen molar-refractivity contribution >= 4 is 17.4 Å². The Morgan fingerprint density at radius 2 is 2.00 bits per heavy atom. The zero-order chi connectivity index (χ0) is 14.5. The van der Waals surface area contributed by atoms with Gasteiger partial charge in [0.1, 0.15) is 0 Å². The van der Waals surface area contributed by atoms with E-state index >= 15 is 0 Å². The molecular formula is C16H23N3S. The first-order valence-electron chi connectivity index (χ1n) is 7.17. The van der Waals surface area contributed by atoms with Crippen molar-refractivity contribution in [3.05, 3.63) is 41.7 Å². The summed E-state index contributed by atoms with van der Waals surface area (Å²) in [6, 6.07) is 8.83. The van der Waals surface area contributed by atoms with Crippen LogP contribution in [-0.2, 0) is 5.75 Å². The average Bonchev–Trinajstić information content (AvgIpc) is 2.90. The van der Waals surface area contributed by atoms with Crippen molar-refractivity contribution < 1.29 is 0 Å². The summed E-state index contributed by atoms with van der Waals surface area (Å²) in [5.41, 5.74) is 8.96. The van der Waals surface area contributed by atoms with E-state index in [2.05, 4.69) is 48.0 Å². The van der Waals surface area contributed by atoms with Crippen LogP contribution in [0.15, 0.2) is 35.4 Å². The molecule has 0 saturated carbocycles. The van der Waals surface area contributed by atoms with Gasteiger partial charge in [-0.15, -0.1) is 11.8 Å². The van der Waals surface area contributed by atoms with Gasteiger partial charge in [-0.1, -0.05) is 13.8 Å². The lowest BCUT2D eigenvalue weighted by molar-refractivity contribution is 0.426. The number of rotatable bonds is 6. The highest BCUT2D eigenvalue weighted by atomic mass is 32.2. The third-order valence-electron chi connectivity index (χ3n) is 3.61. The Hall–Kier alpha value is -1.42. The van der Waals surface area contributed by atoms with Gasteiger partial charge in [-0.3, -0.25) is 4.68 Å². The standard InChI is InChI=1S/C16H23N3S/c1-4-14(5-2)19-9-8-13(18-19)11-20-15-6-7-16(17)12(3)10-15/h6-10,14H,4-5,11,17H2,1-3H3. The Labute approximate surface area is 125 Å². The Morgan fingerprint density at radius 3 is 2.65 bits per heavy atom. The molecule has 0 spiro atoms. The minimum Gasteiger partial charge on any atom is -0.399 e. The molecule has 0 aliphatic rings. The predicted octanol–water partition coefficient (Wildman–Crippen LogP) is 4.43. The fraction of sp³-hybridized carbons (Fsp3) is 0.438. The molecule has 1 aromatic heterocycles. The van der Waals surface area contributed by atoms with E-state index in [0.29, 0.717) is 6.04 Å². The van der Waals surface area contributed by atoms with Crippen LogP contribution in [0.1, 0.15) is 44.0 Å². The van der Waals surface area contributed by atoms with Gasteiger partial charge in [0.05, 0.1) is 11.7 Å². The van der Waals surface area contributed by atoms with E-state index in [1.807, 2.05) is 13.0 Å². The van der Waals surface area contributed by atoms with E-state index in [9.17, 15) is 0 Å². The van der Waals surface area contributed by atoms with Crippen LogP contribution in [0.3, 0.4) is 0 Å². The van der Waals surface area contributed by atoms with Gasteiger partial charge >= 0.3 is 0 Å². The quantitative estimate of drug-likeness (QED) is 0.632. The molecule has 3 nitrogen and oxygen atoms in total. The van der Waals surface area contributed by atoms with Gasteiger partial charge in [0.15, 0.2) is 0 Å². The van der Waals surface area contributed by atoms with Crippen LogP contribution in [0.25, 0.3) is 0 Å². The van der Waals surface area contributed by atoms with Crippen molar-refractivity contribution in [2.75, 3.05) is 5.73 Å². The highest BCUT2D eigenvalue weighted by Gasteiger charge is 2.08. The number of benzene rings is 1. The van der Waals surface area contributed by atoms with Gasteiger partial charge < -0.3 is 5.73 Å². The van der Waals surface area contributed by atoms with Gasteiger partial charge in [0.25, 0.3) is 0 Å². The highest BCUT2D eigenvalue weighted by Crippen LogP contribution is 2.25. The number of hydrogen-bond donors (Lipinski definition) is 1. The Bertz CT molecular complexity index is 559. The molecule has 4 heteroatoms. The maximum atomic E-state index is 5.84. The molecule has 108 valence electrons. The lowest BCUT2D eigenvalue weighted by Gasteiger charge is -2.12. The maximum Gasteiger partial charge on any atom is 0.0727 e. The van der Waals surface area contributed by atoms with Crippen molar-refractivity contribution in [3.63, 3.8) is 0 Å². The number of hydrogen-bond acceptors (Lipinski definition) is 3. The largest absolute Gasteiger partial charge is 0.399 e. The summed E-state index contributed by atoms with van der Waals surface area (Å²) in [7, 11) is 0. The van der Waals surface area contributed by atoms with E-state index < -0.39 is 0 Å². The Kier molecular flexibility index (Phi) is 5.12. The summed E-state index contributed by atoms with van der Waals surface area (Å²) in [6.07, 6.45) is 4.35. The summed E-state index contributed by atoms with van der Waals surface area (Å²) in [4.78, 5) is 1.24. The van der Waals surface area contributed by atoms with Crippen LogP contribution >= 0.6 is 11.8 Å². The fourth-order valence-electron chi connectivity index (χ4n) is 2.22. The molecule has 1 aromatic carbocycles. The Balaban J connectivity index is 1.98. The average molecular weight is 289 g/mol. The summed E-state index contributed by atoms with van der Waals surface area (Å²) in [5, 5.41) is 4.68. The van der Waals surface area contributed by atoms with Gasteiger partial charge in [-0.25, -0.2) is 0 Å². The Morgan fingerprint density at radius 1 is 1.25 bits per heavy atom. The first-order chi connectivity index (χ1) is 9.63. The smallest absolute Gasteiger partial charge is 0.0727 e. The molecule has 0 bridgehead atoms. The molecule has 2 rings (SSSR count). The molecule has 0 amide bonds. The van der Waals surface area contributed by atoms with Crippen molar-refractivity contribution in [3.8, 4) is 0 Å². The second-order valence-electron chi connectivity index (χ2n) is 5.06. The first-order valence-corrected chi connectivity index (χ1v) is 8.15. The highest BCUT2D eigenvalue weighted by molar-refractivity contribution is 7.98. The third kappa shape index (κ3) is 3.57. The van der Waals surface area contributed by atoms with Crippen LogP contribution in [-0.4, -0.2) is 9.78 Å². The SMILES string of the molecule is CCC(CC)n1ccc(CSc2ccc(N)c(C)c2)n1. The molecule has 0 aliphatic heterocycles. The molecule has 1 heterocycles. The predicted molar refractivity (Wildman–Crippen MR) is 87.0 cm³/mol. The van der Waals surface area contributed by atoms with E-state index in [1.165, 1.54) is 4.90 Å². The summed E-state index contributed by atoms with van der Waals surface area (Å²) in [5.74, 6) is 0.899. The van der Waals surface area contributed by atoms with Crippen molar-refractivity contribution in [1.29, 1.82) is 0 Å². The maximum absolute atomic E-state index is 5.84. The topological polar surface area (TPSA) is 43.8 Å². The van der Waals surface area contributed by atoms with Crippen LogP contribution in [0.2, 0.25) is 0 Å². The van der Waals surface area contributed by atoms with Gasteiger partial charge in [-0.05, 0) is 49.6 Å². The molecule has 0 saturated heterocycles. The number of aryl methyl sites for hydroxylation is 1. The molecule has 0 radical (unpaired) electrons. The van der Waals surface area contributed by atoms with Crippen LogP contribution < -0.4 is 5.73 Å². The second kappa shape index (κ2) is 6.84. The van der Waals surface area contributed by atoms with E-state index in [0.717, 1.165) is 35.5 Å². The van der Waals surface area contributed by atoms with E-state index in [1.54, 1.807) is 11.8 Å². The summed E-state index contributed by atoms with van der Waals surface area (Å²) in [6.45, 7) is 6.46. The number of thioether (sulfide) groups is 1. The zero-order valence-corrected chi connectivity index (χ0v) is 13.3. The monoisotopic (exact) mass is 289 g/mol. The molecular weight excluding hydrogens is 266 g/mol. The molecule has 0 atom stereocenters. The van der Waals surface area contributed by atoms with Crippen molar-refractivity contribution in [1.82, 2.24) is 9.78 Å². The van der Waals surface area contributed by atoms with Crippen LogP contribution in [0.5, 0.6) is 0 Å². The lowest BCUT2D eigenvalue weighted by Crippen LogP contribution is -2.07. The van der Waals surface area contributed by atoms with Crippen molar-refractivity contribution in [2.24, 2.45) is 0 Å². The fourth-order valence-corrected chi connectivity index (χ4v) is 3.11. The number of nitrogens with two attached hydrogens (primary N) is 1. The minimum absolute atomic E-state index is 0.521. The third-order valence-corrected chi connectivity index (χ3v) is 4.64. The van der Waals surface area contributed by atoms with Gasteiger partial charge in [0.2, 0.25) is 0 Å². The zero-order valence-electron chi connectivity index (χ0n) is 12.5. The van der Waals surface area contributed by atoms with Gasteiger partial charge in [0, 0.05) is 22.5 Å². The molecule has 20 heavy (non-hydrogen) atoms. The molecule has 0 aliphatic carbocycles. The normalized spacial score (nSPS) is 11.2. The van der Waals surface area contributed by atoms with Gasteiger partial charge in [-0.2, -0.15) is 5.10 Å². The van der Waals surface area contributed by atoms with E-state index in [-0.39, 0.29) is 0 Å². The number of nitrogens with zero attached hydrogens (tertiary/aromatic N) is 2. The second-order valence-corrected chi connectivity index (χ2v) is 6.11. The van der Waals surface area contributed by atoms with E-state index in [4.69, 9.17) is 5.73 Å². The van der Waals surface area contributed by atoms with Crippen molar-refractivity contribution in [2.45, 2.75) is 50.3 Å². The van der Waals surface area contributed by atoms with Crippen LogP contribution in [0, 0.1) is 6.92 Å². The minimum atomic E-state index is 0.521. The molecule has 2 N–H and O–H groups in total. The summed E-state index contributed by atoms with van der Waals surface area (Å²) >= 11 is 1.81. The lowest BCUT2D eigenvalue weighted by atomic mass is 10.2. The molecule has 0 unspecified atom stereocenters. The van der Waals surface area contributed by atoms with Crippen LogP contribution in [0.4, 0.5) is 5.69 Å². The molecule has 0 fully saturated rings. The first kappa shape index (κ1) is 15.0. The number of aromatic nitrogens is 2. The summed E-state index contributed by atoms with van der Waals surface area (Å²) < 4.78 is 2.10. The number of nitrogen functional groups attached to an aromatic ring is 1. The number of anilines is 1.